The van der Waals surface area contributed by atoms with Gasteiger partial charge in [-0.15, -0.1) is 0 Å². The second-order valence-electron chi connectivity index (χ2n) is 8.95. The van der Waals surface area contributed by atoms with Crippen molar-refractivity contribution < 1.29 is 23.0 Å². The minimum atomic E-state index is -3.97. The molecule has 1 aromatic carbocycles. The second-order valence-corrected chi connectivity index (χ2v) is 10.6. The summed E-state index contributed by atoms with van der Waals surface area (Å²) in [6.07, 6.45) is 2.90. The van der Waals surface area contributed by atoms with Crippen molar-refractivity contribution in [3.8, 4) is 22.9 Å². The zero-order chi connectivity index (χ0) is 25.1. The number of hydrogen-bond acceptors (Lipinski definition) is 8. The lowest BCUT2D eigenvalue weighted by Gasteiger charge is -2.18. The van der Waals surface area contributed by atoms with Gasteiger partial charge in [0, 0.05) is 31.3 Å². The van der Waals surface area contributed by atoms with Crippen molar-refractivity contribution in [1.29, 1.82) is 0 Å². The highest BCUT2D eigenvalue weighted by Crippen LogP contribution is 2.33. The number of nitrogens with one attached hydrogen (secondary N) is 1. The van der Waals surface area contributed by atoms with Crippen LogP contribution in [0, 0.1) is 6.92 Å². The summed E-state index contributed by atoms with van der Waals surface area (Å²) in [7, 11) is -2.35. The maximum atomic E-state index is 12.8. The number of anilines is 1. The quantitative estimate of drug-likeness (QED) is 0.444. The van der Waals surface area contributed by atoms with E-state index >= 15 is 0 Å². The number of ether oxygens (including phenoxy) is 2. The van der Waals surface area contributed by atoms with Gasteiger partial charge >= 0.3 is 0 Å². The van der Waals surface area contributed by atoms with E-state index in [1.54, 1.807) is 27.0 Å². The molecule has 0 atom stereocenters. The van der Waals surface area contributed by atoms with Crippen LogP contribution < -0.4 is 14.2 Å². The summed E-state index contributed by atoms with van der Waals surface area (Å²) in [4.78, 5) is 8.66. The molecule has 0 aliphatic rings. The Hall–Kier alpha value is -3.18. The van der Waals surface area contributed by atoms with Crippen LogP contribution in [-0.2, 0) is 17.1 Å². The largest absolute Gasteiger partial charge is 0.490 e. The number of aliphatic hydroxyl groups is 1. The first-order valence-corrected chi connectivity index (χ1v) is 12.3. The lowest BCUT2D eigenvalue weighted by molar-refractivity contribution is 0.0547. The van der Waals surface area contributed by atoms with Gasteiger partial charge in [0.1, 0.15) is 10.6 Å². The highest BCUT2D eigenvalue weighted by molar-refractivity contribution is 7.92. The van der Waals surface area contributed by atoms with Crippen LogP contribution in [0.15, 0.2) is 41.6 Å². The molecule has 34 heavy (non-hydrogen) atoms. The van der Waals surface area contributed by atoms with Crippen LogP contribution in [-0.4, -0.2) is 51.6 Å². The Bertz CT molecular complexity index is 1250. The molecule has 184 valence electrons. The van der Waals surface area contributed by atoms with Crippen molar-refractivity contribution in [3.05, 3.63) is 42.2 Å². The minimum Gasteiger partial charge on any atom is -0.490 e. The van der Waals surface area contributed by atoms with Crippen LogP contribution in [0.25, 0.3) is 11.3 Å². The third kappa shape index (κ3) is 6.91. The Morgan fingerprint density at radius 3 is 2.56 bits per heavy atom. The van der Waals surface area contributed by atoms with Crippen LogP contribution in [0.5, 0.6) is 11.6 Å². The van der Waals surface area contributed by atoms with Gasteiger partial charge in [-0.05, 0) is 46.8 Å². The van der Waals surface area contributed by atoms with Gasteiger partial charge in [0.2, 0.25) is 11.8 Å². The standard InChI is InChI=1S/C23H31N5O5S/c1-15(2)33-20-8-7-16(3)11-18(20)19-12-21(32-10-9-23(4,5)29)26-22(25-19)27-34(30,31)17-13-24-28(6)14-17/h7-8,11-15,29H,9-10H2,1-6H3,(H,25,26,27). The molecule has 0 saturated carbocycles. The summed E-state index contributed by atoms with van der Waals surface area (Å²) in [6.45, 7) is 9.31. The molecule has 0 amide bonds. The number of aryl methyl sites for hydroxylation is 2. The smallest absolute Gasteiger partial charge is 0.267 e. The first-order chi connectivity index (χ1) is 15.8. The highest BCUT2D eigenvalue weighted by Gasteiger charge is 2.21. The van der Waals surface area contributed by atoms with Crippen LogP contribution in [0.1, 0.15) is 39.7 Å². The Labute approximate surface area is 200 Å². The van der Waals surface area contributed by atoms with E-state index in [0.29, 0.717) is 23.4 Å². The fourth-order valence-electron chi connectivity index (χ4n) is 3.01. The Kier molecular flexibility index (Phi) is 7.47. The molecule has 3 rings (SSSR count). The van der Waals surface area contributed by atoms with Crippen molar-refractivity contribution >= 4 is 16.0 Å². The average molecular weight is 490 g/mol. The number of aromatic nitrogens is 4. The summed E-state index contributed by atoms with van der Waals surface area (Å²) in [6, 6.07) is 7.30. The molecule has 2 N–H and O–H groups in total. The first kappa shape index (κ1) is 25.4. The maximum absolute atomic E-state index is 12.8. The predicted octanol–water partition coefficient (Wildman–Crippen LogP) is 3.31. The summed E-state index contributed by atoms with van der Waals surface area (Å²) in [5.41, 5.74) is 1.16. The van der Waals surface area contributed by atoms with E-state index in [9.17, 15) is 13.5 Å². The van der Waals surface area contributed by atoms with Gasteiger partial charge in [-0.25, -0.2) is 18.1 Å². The zero-order valence-corrected chi connectivity index (χ0v) is 21.0. The average Bonchev–Trinajstić information content (AvgIpc) is 3.15. The van der Waals surface area contributed by atoms with Crippen molar-refractivity contribution in [2.45, 2.75) is 57.6 Å². The molecule has 0 aliphatic heterocycles. The van der Waals surface area contributed by atoms with Gasteiger partial charge in [-0.2, -0.15) is 10.1 Å². The maximum Gasteiger partial charge on any atom is 0.267 e. The lowest BCUT2D eigenvalue weighted by atomic mass is 10.1. The van der Waals surface area contributed by atoms with Crippen molar-refractivity contribution in [2.75, 3.05) is 11.3 Å². The van der Waals surface area contributed by atoms with Gasteiger partial charge in [0.25, 0.3) is 10.0 Å². The normalized spacial score (nSPS) is 12.1. The topological polar surface area (TPSA) is 128 Å². The Morgan fingerprint density at radius 1 is 1.21 bits per heavy atom. The summed E-state index contributed by atoms with van der Waals surface area (Å²) < 4.78 is 41.2. The minimum absolute atomic E-state index is 0.0205. The van der Waals surface area contributed by atoms with Gasteiger partial charge in [-0.3, -0.25) is 4.68 Å². The monoisotopic (exact) mass is 489 g/mol. The van der Waals surface area contributed by atoms with E-state index in [4.69, 9.17) is 9.47 Å². The Balaban J connectivity index is 2.04. The lowest BCUT2D eigenvalue weighted by Crippen LogP contribution is -2.22. The van der Waals surface area contributed by atoms with E-state index < -0.39 is 15.6 Å². The molecule has 0 unspecified atom stereocenters. The molecule has 0 radical (unpaired) electrons. The SMILES string of the molecule is Cc1ccc(OC(C)C)c(-c2cc(OCCC(C)(C)O)nc(NS(=O)(=O)c3cnn(C)c3)n2)c1. The van der Waals surface area contributed by atoms with E-state index in [-0.39, 0.29) is 29.4 Å². The molecule has 11 heteroatoms. The van der Waals surface area contributed by atoms with E-state index in [0.717, 1.165) is 5.56 Å². The fourth-order valence-corrected chi connectivity index (χ4v) is 3.93. The molecule has 2 aromatic heterocycles. The molecular weight excluding hydrogens is 458 g/mol. The van der Waals surface area contributed by atoms with E-state index in [1.165, 1.54) is 17.1 Å². The van der Waals surface area contributed by atoms with Gasteiger partial charge in [-0.1, -0.05) is 11.6 Å². The van der Waals surface area contributed by atoms with Crippen molar-refractivity contribution in [1.82, 2.24) is 19.7 Å². The van der Waals surface area contributed by atoms with Crippen molar-refractivity contribution in [3.63, 3.8) is 0 Å². The fraction of sp³-hybridized carbons (Fsp3) is 0.435. The van der Waals surface area contributed by atoms with Crippen LogP contribution >= 0.6 is 0 Å². The van der Waals surface area contributed by atoms with Crippen LogP contribution in [0.3, 0.4) is 0 Å². The van der Waals surface area contributed by atoms with Gasteiger partial charge < -0.3 is 14.6 Å². The number of hydrogen-bond donors (Lipinski definition) is 2. The second kappa shape index (κ2) is 9.98. The molecule has 2 heterocycles. The molecule has 3 aromatic rings. The zero-order valence-electron chi connectivity index (χ0n) is 20.2. The van der Waals surface area contributed by atoms with Crippen LogP contribution in [0.4, 0.5) is 5.95 Å². The van der Waals surface area contributed by atoms with Crippen LogP contribution in [0.2, 0.25) is 0 Å². The third-order valence-electron chi connectivity index (χ3n) is 4.66. The molecule has 0 aliphatic carbocycles. The Morgan fingerprint density at radius 2 is 1.94 bits per heavy atom. The van der Waals surface area contributed by atoms with E-state index in [1.807, 2.05) is 39.0 Å². The van der Waals surface area contributed by atoms with Gasteiger partial charge in [0.05, 0.1) is 30.2 Å². The van der Waals surface area contributed by atoms with E-state index in [2.05, 4.69) is 19.8 Å². The third-order valence-corrected chi connectivity index (χ3v) is 5.94. The summed E-state index contributed by atoms with van der Waals surface area (Å²) >= 11 is 0. The number of benzene rings is 1. The molecule has 0 spiro atoms. The molecule has 0 fully saturated rings. The summed E-state index contributed by atoms with van der Waals surface area (Å²) in [5, 5.41) is 13.9. The van der Waals surface area contributed by atoms with Crippen molar-refractivity contribution in [2.24, 2.45) is 7.05 Å². The number of rotatable bonds is 10. The number of nitrogens with zero attached hydrogens (tertiary/aromatic N) is 4. The predicted molar refractivity (Wildman–Crippen MR) is 128 cm³/mol. The molecule has 0 bridgehead atoms. The molecular formula is C23H31N5O5S. The first-order valence-electron chi connectivity index (χ1n) is 10.9. The van der Waals surface area contributed by atoms with Gasteiger partial charge in [0.15, 0.2) is 0 Å². The molecule has 10 nitrogen and oxygen atoms in total. The highest BCUT2D eigenvalue weighted by atomic mass is 32.2. The summed E-state index contributed by atoms with van der Waals surface area (Å²) in [5.74, 6) is 0.606. The molecule has 0 saturated heterocycles. The number of sulfonamides is 1.